The Balaban J connectivity index is 2.68. The summed E-state index contributed by atoms with van der Waals surface area (Å²) in [6.45, 7) is 2.62. The van der Waals surface area contributed by atoms with Crippen molar-refractivity contribution in [1.82, 2.24) is 0 Å². The van der Waals surface area contributed by atoms with Gasteiger partial charge in [0.25, 0.3) is 0 Å². The molecule has 0 aromatic carbocycles. The molecule has 1 aliphatic carbocycles. The van der Waals surface area contributed by atoms with E-state index in [1.54, 1.807) is 7.11 Å². The van der Waals surface area contributed by atoms with Crippen LogP contribution >= 0.6 is 0 Å². The molecule has 0 amide bonds. The van der Waals surface area contributed by atoms with Crippen LogP contribution in [0.2, 0.25) is 0 Å². The molecule has 0 radical (unpaired) electrons. The number of hydrogen-bond donors (Lipinski definition) is 0. The first-order valence-corrected chi connectivity index (χ1v) is 5.49. The van der Waals surface area contributed by atoms with E-state index in [4.69, 9.17) is 4.74 Å². The summed E-state index contributed by atoms with van der Waals surface area (Å²) in [5, 5.41) is 0. The van der Waals surface area contributed by atoms with Crippen molar-refractivity contribution in [2.24, 2.45) is 11.3 Å². The van der Waals surface area contributed by atoms with Gasteiger partial charge < -0.3 is 4.74 Å². The van der Waals surface area contributed by atoms with E-state index in [2.05, 4.69) is 0 Å². The minimum atomic E-state index is -2.22. The summed E-state index contributed by atoms with van der Waals surface area (Å²) < 4.78 is 30.6. The number of hydrogen-bond acceptors (Lipinski definition) is 1. The summed E-state index contributed by atoms with van der Waals surface area (Å²) in [4.78, 5) is 0. The molecule has 0 heterocycles. The van der Waals surface area contributed by atoms with Crippen molar-refractivity contribution in [2.45, 2.75) is 39.0 Å². The molecule has 88 valence electrons. The molecular weight excluding hydrogens is 198 g/mol. The SMILES string of the molecule is COC[C@]1(C)CC/C=C/C[C@@H](C(F)F)C1. The van der Waals surface area contributed by atoms with Gasteiger partial charge in [-0.15, -0.1) is 0 Å². The van der Waals surface area contributed by atoms with E-state index in [1.165, 1.54) is 0 Å². The number of ether oxygens (including phenoxy) is 1. The fourth-order valence-corrected chi connectivity index (χ4v) is 2.31. The third-order valence-electron chi connectivity index (χ3n) is 3.12. The highest BCUT2D eigenvalue weighted by atomic mass is 19.3. The maximum Gasteiger partial charge on any atom is 0.241 e. The van der Waals surface area contributed by atoms with Gasteiger partial charge in [0, 0.05) is 13.0 Å². The fourth-order valence-electron chi connectivity index (χ4n) is 2.31. The van der Waals surface area contributed by atoms with Gasteiger partial charge in [0.1, 0.15) is 0 Å². The Morgan fingerprint density at radius 1 is 1.47 bits per heavy atom. The van der Waals surface area contributed by atoms with E-state index >= 15 is 0 Å². The van der Waals surface area contributed by atoms with Crippen LogP contribution in [0.3, 0.4) is 0 Å². The van der Waals surface area contributed by atoms with Gasteiger partial charge in [-0.25, -0.2) is 8.78 Å². The van der Waals surface area contributed by atoms with E-state index in [0.717, 1.165) is 12.8 Å². The zero-order chi connectivity index (χ0) is 11.3. The normalized spacial score (nSPS) is 34.9. The summed E-state index contributed by atoms with van der Waals surface area (Å²) in [6.07, 6.45) is 4.64. The summed E-state index contributed by atoms with van der Waals surface area (Å²) in [5.74, 6) is -0.512. The van der Waals surface area contributed by atoms with E-state index in [0.29, 0.717) is 19.4 Å². The lowest BCUT2D eigenvalue weighted by Crippen LogP contribution is -2.29. The second kappa shape index (κ2) is 5.59. The molecule has 1 rings (SSSR count). The van der Waals surface area contributed by atoms with Gasteiger partial charge in [0.15, 0.2) is 0 Å². The molecule has 0 saturated heterocycles. The monoisotopic (exact) mass is 218 g/mol. The van der Waals surface area contributed by atoms with Gasteiger partial charge in [-0.05, 0) is 31.1 Å². The standard InChI is InChI=1S/C12H20F2O/c1-12(9-15-2)7-5-3-4-6-10(8-12)11(13)14/h3-4,10-11H,5-9H2,1-2H3/b4-3+/t10-,12-/m1/s1. The Bertz CT molecular complexity index is 216. The molecule has 0 bridgehead atoms. The summed E-state index contributed by atoms with van der Waals surface area (Å²) in [5.41, 5.74) is -0.0966. The predicted octanol–water partition coefficient (Wildman–Crippen LogP) is 3.65. The van der Waals surface area contributed by atoms with Crippen LogP contribution in [0.25, 0.3) is 0 Å². The lowest BCUT2D eigenvalue weighted by molar-refractivity contribution is 0.0132. The first kappa shape index (κ1) is 12.6. The molecule has 2 atom stereocenters. The predicted molar refractivity (Wildman–Crippen MR) is 57.1 cm³/mol. The molecule has 0 spiro atoms. The molecule has 15 heavy (non-hydrogen) atoms. The molecule has 0 aromatic rings. The van der Waals surface area contributed by atoms with Crippen molar-refractivity contribution in [3.63, 3.8) is 0 Å². The molecule has 1 nitrogen and oxygen atoms in total. The highest BCUT2D eigenvalue weighted by Crippen LogP contribution is 2.37. The van der Waals surface area contributed by atoms with Crippen molar-refractivity contribution >= 4 is 0 Å². The summed E-state index contributed by atoms with van der Waals surface area (Å²) in [7, 11) is 1.64. The van der Waals surface area contributed by atoms with Crippen LogP contribution in [0.4, 0.5) is 8.78 Å². The van der Waals surface area contributed by atoms with Crippen LogP contribution in [0.15, 0.2) is 12.2 Å². The first-order valence-electron chi connectivity index (χ1n) is 5.49. The zero-order valence-corrected chi connectivity index (χ0v) is 9.51. The van der Waals surface area contributed by atoms with Crippen LogP contribution in [0, 0.1) is 11.3 Å². The Morgan fingerprint density at radius 3 is 2.80 bits per heavy atom. The summed E-state index contributed by atoms with van der Waals surface area (Å²) in [6, 6.07) is 0. The quantitative estimate of drug-likeness (QED) is 0.657. The highest BCUT2D eigenvalue weighted by Gasteiger charge is 2.32. The van der Waals surface area contributed by atoms with Gasteiger partial charge in [-0.1, -0.05) is 19.1 Å². The third kappa shape index (κ3) is 3.90. The summed E-state index contributed by atoms with van der Waals surface area (Å²) >= 11 is 0. The minimum Gasteiger partial charge on any atom is -0.384 e. The van der Waals surface area contributed by atoms with Crippen molar-refractivity contribution in [1.29, 1.82) is 0 Å². The maximum atomic E-state index is 12.7. The first-order chi connectivity index (χ1) is 7.07. The van der Waals surface area contributed by atoms with Crippen molar-refractivity contribution < 1.29 is 13.5 Å². The van der Waals surface area contributed by atoms with Crippen LogP contribution in [0.1, 0.15) is 32.6 Å². The molecule has 0 aliphatic heterocycles. The van der Waals surface area contributed by atoms with E-state index < -0.39 is 12.3 Å². The Hall–Kier alpha value is -0.440. The lowest BCUT2D eigenvalue weighted by Gasteiger charge is -2.33. The number of alkyl halides is 2. The van der Waals surface area contributed by atoms with Gasteiger partial charge in [-0.3, -0.25) is 0 Å². The Morgan fingerprint density at radius 2 is 2.20 bits per heavy atom. The number of rotatable bonds is 3. The van der Waals surface area contributed by atoms with Crippen LogP contribution in [0.5, 0.6) is 0 Å². The molecule has 3 heteroatoms. The van der Waals surface area contributed by atoms with Gasteiger partial charge in [-0.2, -0.15) is 0 Å². The van der Waals surface area contributed by atoms with Gasteiger partial charge in [0.2, 0.25) is 6.43 Å². The van der Waals surface area contributed by atoms with Gasteiger partial charge >= 0.3 is 0 Å². The molecule has 0 aromatic heterocycles. The lowest BCUT2D eigenvalue weighted by atomic mass is 9.76. The molecule has 0 saturated carbocycles. The van der Waals surface area contributed by atoms with Crippen LogP contribution < -0.4 is 0 Å². The highest BCUT2D eigenvalue weighted by molar-refractivity contribution is 4.92. The van der Waals surface area contributed by atoms with Gasteiger partial charge in [0.05, 0.1) is 6.61 Å². The Kier molecular flexibility index (Phi) is 4.71. The van der Waals surface area contributed by atoms with E-state index in [9.17, 15) is 8.78 Å². The third-order valence-corrected chi connectivity index (χ3v) is 3.12. The number of halogens is 2. The number of methoxy groups -OCH3 is 1. The molecule has 0 unspecified atom stereocenters. The zero-order valence-electron chi connectivity index (χ0n) is 9.51. The smallest absolute Gasteiger partial charge is 0.241 e. The second-order valence-corrected chi connectivity index (χ2v) is 4.79. The topological polar surface area (TPSA) is 9.23 Å². The minimum absolute atomic E-state index is 0.0966. The molecule has 1 aliphatic rings. The fraction of sp³-hybridized carbons (Fsp3) is 0.833. The molecular formula is C12H20F2O. The van der Waals surface area contributed by atoms with Crippen LogP contribution in [-0.4, -0.2) is 20.1 Å². The van der Waals surface area contributed by atoms with Crippen molar-refractivity contribution in [3.8, 4) is 0 Å². The van der Waals surface area contributed by atoms with E-state index in [-0.39, 0.29) is 5.41 Å². The number of allylic oxidation sites excluding steroid dienone is 2. The van der Waals surface area contributed by atoms with Crippen LogP contribution in [-0.2, 0) is 4.74 Å². The molecule has 0 fully saturated rings. The molecule has 0 N–H and O–H groups in total. The van der Waals surface area contributed by atoms with E-state index in [1.807, 2.05) is 19.1 Å². The average Bonchev–Trinajstić information content (AvgIpc) is 2.12. The maximum absolute atomic E-state index is 12.7. The van der Waals surface area contributed by atoms with Crippen molar-refractivity contribution in [2.75, 3.05) is 13.7 Å². The average molecular weight is 218 g/mol. The second-order valence-electron chi connectivity index (χ2n) is 4.79. The Labute approximate surface area is 90.5 Å². The van der Waals surface area contributed by atoms with Crippen molar-refractivity contribution in [3.05, 3.63) is 12.2 Å². The largest absolute Gasteiger partial charge is 0.384 e.